The molecule has 0 aromatic heterocycles. The van der Waals surface area contributed by atoms with Gasteiger partial charge in [0, 0.05) is 11.1 Å². The molecule has 0 aliphatic heterocycles. The van der Waals surface area contributed by atoms with Gasteiger partial charge in [-0.25, -0.2) is 0 Å². The van der Waals surface area contributed by atoms with E-state index in [2.05, 4.69) is 34.9 Å². The fraction of sp³-hybridized carbons (Fsp3) is 0.156. The second-order valence-corrected chi connectivity index (χ2v) is 8.86. The maximum Gasteiger partial charge on any atom is 0.252 e. The lowest BCUT2D eigenvalue weighted by molar-refractivity contribution is -0.120. The normalized spacial score (nSPS) is 11.8. The summed E-state index contributed by atoms with van der Waals surface area (Å²) < 4.78 is 0. The predicted molar refractivity (Wildman–Crippen MR) is 149 cm³/mol. The van der Waals surface area contributed by atoms with Crippen LogP contribution in [0.15, 0.2) is 97.1 Å². The van der Waals surface area contributed by atoms with Gasteiger partial charge in [-0.1, -0.05) is 98.3 Å². The first-order chi connectivity index (χ1) is 18.0. The minimum atomic E-state index is -0.689. The van der Waals surface area contributed by atoms with Crippen molar-refractivity contribution in [3.05, 3.63) is 119 Å². The molecule has 4 aromatic carbocycles. The van der Waals surface area contributed by atoms with Crippen molar-refractivity contribution in [2.24, 2.45) is 0 Å². The van der Waals surface area contributed by atoms with Gasteiger partial charge in [-0.2, -0.15) is 0 Å². The molecule has 0 saturated carbocycles. The van der Waals surface area contributed by atoms with Crippen molar-refractivity contribution in [1.82, 2.24) is 10.6 Å². The van der Waals surface area contributed by atoms with Crippen LogP contribution >= 0.6 is 0 Å². The molecule has 5 heteroatoms. The Morgan fingerprint density at radius 1 is 0.757 bits per heavy atom. The molecule has 0 spiro atoms. The summed E-state index contributed by atoms with van der Waals surface area (Å²) >= 11 is 0. The second kappa shape index (κ2) is 12.5. The first-order valence-corrected chi connectivity index (χ1v) is 12.5. The van der Waals surface area contributed by atoms with Crippen LogP contribution in [0.1, 0.15) is 51.6 Å². The number of carbonyl (C=O) groups excluding carboxylic acids is 3. The standard InChI is InChI=1S/C32H30N2O3/c1-2-10-29(30(35)22-33-31(36)26-13-4-3-5-14-26)34-32(37)28-16-9-8-12-25(28)20-18-23-17-19-24-11-6-7-15-27(24)21-23/h3-9,11-21,29H,2,10,22H2,1H3,(H,33,36)(H,34,37). The molecular formula is C32H30N2O3. The van der Waals surface area contributed by atoms with Gasteiger partial charge in [0.2, 0.25) is 0 Å². The summed E-state index contributed by atoms with van der Waals surface area (Å²) in [7, 11) is 0. The number of carbonyl (C=O) groups is 3. The average Bonchev–Trinajstić information content (AvgIpc) is 2.94. The van der Waals surface area contributed by atoms with E-state index in [4.69, 9.17) is 0 Å². The fourth-order valence-electron chi connectivity index (χ4n) is 4.17. The Morgan fingerprint density at radius 3 is 2.24 bits per heavy atom. The number of benzene rings is 4. The van der Waals surface area contributed by atoms with E-state index in [0.717, 1.165) is 16.5 Å². The molecule has 1 unspecified atom stereocenters. The first kappa shape index (κ1) is 25.6. The minimum absolute atomic E-state index is 0.151. The Hall–Kier alpha value is -4.51. The highest BCUT2D eigenvalue weighted by atomic mass is 16.2. The topological polar surface area (TPSA) is 75.3 Å². The van der Waals surface area contributed by atoms with Gasteiger partial charge in [0.05, 0.1) is 12.6 Å². The van der Waals surface area contributed by atoms with Crippen molar-refractivity contribution in [2.45, 2.75) is 25.8 Å². The molecule has 0 aliphatic carbocycles. The average molecular weight is 491 g/mol. The highest BCUT2D eigenvalue weighted by molar-refractivity contribution is 6.02. The number of rotatable bonds is 10. The van der Waals surface area contributed by atoms with E-state index in [-0.39, 0.29) is 24.1 Å². The number of amides is 2. The summed E-state index contributed by atoms with van der Waals surface area (Å²) in [6, 6.07) is 29.7. The lowest BCUT2D eigenvalue weighted by Crippen LogP contribution is -2.45. The van der Waals surface area contributed by atoms with Crippen LogP contribution in [0.2, 0.25) is 0 Å². The molecule has 0 fully saturated rings. The summed E-state index contributed by atoms with van der Waals surface area (Å²) in [5.41, 5.74) is 2.76. The molecule has 186 valence electrons. The van der Waals surface area contributed by atoms with E-state index in [0.29, 0.717) is 24.0 Å². The Labute approximate surface area is 217 Å². The van der Waals surface area contributed by atoms with E-state index >= 15 is 0 Å². The Balaban J connectivity index is 1.44. The van der Waals surface area contributed by atoms with Gasteiger partial charge >= 0.3 is 0 Å². The quantitative estimate of drug-likeness (QED) is 0.272. The van der Waals surface area contributed by atoms with Gasteiger partial charge in [0.1, 0.15) is 0 Å². The van der Waals surface area contributed by atoms with Crippen molar-refractivity contribution in [3.63, 3.8) is 0 Å². The van der Waals surface area contributed by atoms with Crippen LogP contribution in [0.3, 0.4) is 0 Å². The third-order valence-corrected chi connectivity index (χ3v) is 6.16. The van der Waals surface area contributed by atoms with E-state index in [9.17, 15) is 14.4 Å². The van der Waals surface area contributed by atoms with Crippen LogP contribution in [0.4, 0.5) is 0 Å². The van der Waals surface area contributed by atoms with Crippen LogP contribution in [-0.2, 0) is 4.79 Å². The second-order valence-electron chi connectivity index (χ2n) is 8.86. The Morgan fingerprint density at radius 2 is 1.46 bits per heavy atom. The molecule has 2 amide bonds. The van der Waals surface area contributed by atoms with Gasteiger partial charge in [-0.05, 0) is 52.6 Å². The molecule has 0 radical (unpaired) electrons. The highest BCUT2D eigenvalue weighted by Gasteiger charge is 2.22. The molecule has 5 nitrogen and oxygen atoms in total. The molecule has 4 rings (SSSR count). The van der Waals surface area contributed by atoms with Crippen LogP contribution in [0, 0.1) is 0 Å². The zero-order valence-corrected chi connectivity index (χ0v) is 20.8. The van der Waals surface area contributed by atoms with Crippen molar-refractivity contribution in [2.75, 3.05) is 6.54 Å². The van der Waals surface area contributed by atoms with Gasteiger partial charge < -0.3 is 10.6 Å². The summed E-state index contributed by atoms with van der Waals surface area (Å²) in [5, 5.41) is 7.87. The molecule has 37 heavy (non-hydrogen) atoms. The molecule has 0 heterocycles. The van der Waals surface area contributed by atoms with Gasteiger partial charge in [-0.15, -0.1) is 0 Å². The lowest BCUT2D eigenvalue weighted by atomic mass is 10.0. The lowest BCUT2D eigenvalue weighted by Gasteiger charge is -2.18. The van der Waals surface area contributed by atoms with Gasteiger partial charge in [0.15, 0.2) is 5.78 Å². The SMILES string of the molecule is CCCC(NC(=O)c1ccccc1C=Cc1ccc2ccccc2c1)C(=O)CNC(=O)c1ccccc1. The van der Waals surface area contributed by atoms with Crippen molar-refractivity contribution < 1.29 is 14.4 Å². The molecule has 4 aromatic rings. The van der Waals surface area contributed by atoms with E-state index in [1.165, 1.54) is 5.39 Å². The molecule has 2 N–H and O–H groups in total. The van der Waals surface area contributed by atoms with E-state index < -0.39 is 6.04 Å². The summed E-state index contributed by atoms with van der Waals surface area (Å²) in [5.74, 6) is -0.872. The molecule has 0 saturated heterocycles. The van der Waals surface area contributed by atoms with E-state index in [1.54, 1.807) is 36.4 Å². The summed E-state index contributed by atoms with van der Waals surface area (Å²) in [4.78, 5) is 38.4. The van der Waals surface area contributed by atoms with Crippen LogP contribution in [0.25, 0.3) is 22.9 Å². The van der Waals surface area contributed by atoms with Crippen LogP contribution in [0.5, 0.6) is 0 Å². The number of nitrogens with one attached hydrogen (secondary N) is 2. The predicted octanol–water partition coefficient (Wildman–Crippen LogP) is 5.91. The highest BCUT2D eigenvalue weighted by Crippen LogP contribution is 2.19. The number of ketones is 1. The third kappa shape index (κ3) is 6.79. The van der Waals surface area contributed by atoms with Crippen molar-refractivity contribution in [1.29, 1.82) is 0 Å². The molecule has 0 bridgehead atoms. The fourth-order valence-corrected chi connectivity index (χ4v) is 4.17. The Bertz CT molecular complexity index is 1430. The first-order valence-electron chi connectivity index (χ1n) is 12.5. The number of hydrogen-bond donors (Lipinski definition) is 2. The van der Waals surface area contributed by atoms with Gasteiger partial charge in [-0.3, -0.25) is 14.4 Å². The monoisotopic (exact) mass is 490 g/mol. The number of fused-ring (bicyclic) bond motifs is 1. The number of Topliss-reactive ketones (excluding diaryl/α,β-unsaturated/α-hetero) is 1. The maximum absolute atomic E-state index is 13.2. The molecule has 1 atom stereocenters. The molecular weight excluding hydrogens is 460 g/mol. The molecule has 0 aliphatic rings. The Kier molecular flexibility index (Phi) is 8.61. The largest absolute Gasteiger partial charge is 0.345 e. The summed E-state index contributed by atoms with van der Waals surface area (Å²) in [6.45, 7) is 1.80. The zero-order valence-electron chi connectivity index (χ0n) is 20.8. The van der Waals surface area contributed by atoms with Crippen LogP contribution < -0.4 is 10.6 Å². The smallest absolute Gasteiger partial charge is 0.252 e. The van der Waals surface area contributed by atoms with Crippen molar-refractivity contribution >= 4 is 40.5 Å². The van der Waals surface area contributed by atoms with Gasteiger partial charge in [0.25, 0.3) is 11.8 Å². The van der Waals surface area contributed by atoms with E-state index in [1.807, 2.05) is 55.5 Å². The number of hydrogen-bond acceptors (Lipinski definition) is 3. The van der Waals surface area contributed by atoms with Crippen molar-refractivity contribution in [3.8, 4) is 0 Å². The third-order valence-electron chi connectivity index (χ3n) is 6.16. The van der Waals surface area contributed by atoms with Crippen LogP contribution in [-0.4, -0.2) is 30.2 Å². The maximum atomic E-state index is 13.2. The minimum Gasteiger partial charge on any atom is -0.345 e. The zero-order chi connectivity index (χ0) is 26.0. The summed E-state index contributed by atoms with van der Waals surface area (Å²) in [6.07, 6.45) is 5.09.